The molecule has 4 rings (SSSR count). The zero-order valence-electron chi connectivity index (χ0n) is 21.8. The Morgan fingerprint density at radius 1 is 0.750 bits per heavy atom. The van der Waals surface area contributed by atoms with E-state index in [0.717, 1.165) is 16.7 Å². The predicted octanol–water partition coefficient (Wildman–Crippen LogP) is 6.60. The lowest BCUT2D eigenvalue weighted by Crippen LogP contribution is -2.34. The van der Waals surface area contributed by atoms with Gasteiger partial charge in [-0.15, -0.1) is 0 Å². The molecule has 2 amide bonds. The highest BCUT2D eigenvalue weighted by molar-refractivity contribution is 6.35. The Morgan fingerprint density at radius 2 is 1.35 bits per heavy atom. The smallest absolute Gasteiger partial charge is 0.257 e. The molecule has 0 aliphatic rings. The first-order valence-electron chi connectivity index (χ1n) is 12.5. The van der Waals surface area contributed by atoms with E-state index in [-0.39, 0.29) is 25.3 Å². The van der Waals surface area contributed by atoms with E-state index < -0.39 is 11.8 Å². The maximum Gasteiger partial charge on any atom is 0.257 e. The van der Waals surface area contributed by atoms with Crippen molar-refractivity contribution in [3.05, 3.63) is 135 Å². The lowest BCUT2D eigenvalue weighted by Gasteiger charge is -2.13. The van der Waals surface area contributed by atoms with Crippen molar-refractivity contribution in [2.45, 2.75) is 19.7 Å². The van der Waals surface area contributed by atoms with E-state index in [1.807, 2.05) is 60.7 Å². The van der Waals surface area contributed by atoms with Gasteiger partial charge in [-0.3, -0.25) is 9.59 Å². The quantitative estimate of drug-likeness (QED) is 0.120. The van der Waals surface area contributed by atoms with Crippen molar-refractivity contribution in [3.8, 4) is 11.5 Å². The Labute approximate surface area is 243 Å². The van der Waals surface area contributed by atoms with E-state index in [2.05, 4.69) is 10.6 Å². The minimum absolute atomic E-state index is 0.0319. The molecule has 0 saturated heterocycles. The molecule has 0 spiro atoms. The van der Waals surface area contributed by atoms with Gasteiger partial charge in [0.05, 0.1) is 7.11 Å². The fraction of sp³-hybridized carbons (Fsp3) is 0.125. The van der Waals surface area contributed by atoms with Gasteiger partial charge in [0.1, 0.15) is 12.2 Å². The average molecular weight is 575 g/mol. The van der Waals surface area contributed by atoms with Crippen molar-refractivity contribution in [3.63, 3.8) is 0 Å². The summed E-state index contributed by atoms with van der Waals surface area (Å²) in [4.78, 5) is 26.4. The first-order chi connectivity index (χ1) is 19.4. The normalized spacial score (nSPS) is 10.4. The summed E-state index contributed by atoms with van der Waals surface area (Å²) in [5.74, 6) is -0.0703. The lowest BCUT2D eigenvalue weighted by atomic mass is 10.1. The van der Waals surface area contributed by atoms with E-state index in [1.165, 1.54) is 13.2 Å². The number of methoxy groups -OCH3 is 1. The monoisotopic (exact) mass is 574 g/mol. The SMILES string of the molecule is COc1cc(C=C(C(=O)NCc2ccccc2)C(=O)NCc2ccccc2)ccc1OCc1ccc(Cl)cc1Cl. The van der Waals surface area contributed by atoms with Gasteiger partial charge in [0.2, 0.25) is 0 Å². The van der Waals surface area contributed by atoms with Crippen LogP contribution >= 0.6 is 23.2 Å². The standard InChI is InChI=1S/C32H28Cl2N2O4/c1-39-30-17-24(12-15-29(30)40-21-25-13-14-26(33)18-28(25)34)16-27(31(37)35-19-22-8-4-2-5-9-22)32(38)36-20-23-10-6-3-7-11-23/h2-18H,19-21H2,1H3,(H,35,37)(H,36,38). The molecule has 4 aromatic carbocycles. The minimum atomic E-state index is -0.494. The van der Waals surface area contributed by atoms with Crippen molar-refractivity contribution in [1.82, 2.24) is 10.6 Å². The fourth-order valence-electron chi connectivity index (χ4n) is 3.84. The number of nitrogens with one attached hydrogen (secondary N) is 2. The number of ether oxygens (including phenoxy) is 2. The van der Waals surface area contributed by atoms with Crippen molar-refractivity contribution in [1.29, 1.82) is 0 Å². The molecule has 8 heteroatoms. The van der Waals surface area contributed by atoms with Gasteiger partial charge in [-0.05, 0) is 47.0 Å². The molecule has 0 aliphatic heterocycles. The van der Waals surface area contributed by atoms with Gasteiger partial charge in [-0.2, -0.15) is 0 Å². The number of benzene rings is 4. The number of hydrogen-bond acceptors (Lipinski definition) is 4. The number of halogens is 2. The van der Waals surface area contributed by atoms with Gasteiger partial charge >= 0.3 is 0 Å². The van der Waals surface area contributed by atoms with Gasteiger partial charge in [0, 0.05) is 28.7 Å². The van der Waals surface area contributed by atoms with E-state index in [0.29, 0.717) is 27.1 Å². The summed E-state index contributed by atoms with van der Waals surface area (Å²) in [5, 5.41) is 6.72. The fourth-order valence-corrected chi connectivity index (χ4v) is 4.30. The topological polar surface area (TPSA) is 76.7 Å². The Morgan fingerprint density at radius 3 is 1.90 bits per heavy atom. The van der Waals surface area contributed by atoms with Crippen LogP contribution in [0.1, 0.15) is 22.3 Å². The van der Waals surface area contributed by atoms with Crippen LogP contribution in [0.3, 0.4) is 0 Å². The summed E-state index contributed by atoms with van der Waals surface area (Å²) in [7, 11) is 1.52. The zero-order chi connectivity index (χ0) is 28.3. The molecule has 4 aromatic rings. The molecule has 0 heterocycles. The second-order valence-corrected chi connectivity index (χ2v) is 9.67. The Balaban J connectivity index is 1.54. The maximum atomic E-state index is 13.2. The van der Waals surface area contributed by atoms with Gasteiger partial charge in [-0.1, -0.05) is 96.0 Å². The molecule has 2 N–H and O–H groups in total. The second kappa shape index (κ2) is 14.2. The van der Waals surface area contributed by atoms with Crippen molar-refractivity contribution < 1.29 is 19.1 Å². The Bertz CT molecular complexity index is 1430. The van der Waals surface area contributed by atoms with E-state index in [1.54, 1.807) is 36.4 Å². The molecule has 0 aromatic heterocycles. The number of rotatable bonds is 11. The van der Waals surface area contributed by atoms with Crippen LogP contribution in [0.4, 0.5) is 0 Å². The van der Waals surface area contributed by atoms with Crippen LogP contribution < -0.4 is 20.1 Å². The van der Waals surface area contributed by atoms with Gasteiger partial charge in [0.25, 0.3) is 11.8 Å². The highest BCUT2D eigenvalue weighted by Crippen LogP contribution is 2.31. The minimum Gasteiger partial charge on any atom is -0.493 e. The lowest BCUT2D eigenvalue weighted by molar-refractivity contribution is -0.123. The molecule has 40 heavy (non-hydrogen) atoms. The molecule has 6 nitrogen and oxygen atoms in total. The van der Waals surface area contributed by atoms with Crippen LogP contribution in [0, 0.1) is 0 Å². The number of hydrogen-bond donors (Lipinski definition) is 2. The summed E-state index contributed by atoms with van der Waals surface area (Å²) < 4.78 is 11.5. The summed E-state index contributed by atoms with van der Waals surface area (Å²) in [5.41, 5.74) is 3.17. The maximum absolute atomic E-state index is 13.2. The van der Waals surface area contributed by atoms with Crippen LogP contribution in [0.2, 0.25) is 10.0 Å². The molecule has 0 unspecified atom stereocenters. The third-order valence-corrected chi connectivity index (χ3v) is 6.56. The molecule has 204 valence electrons. The molecular formula is C32H28Cl2N2O4. The molecule has 0 aliphatic carbocycles. The molecular weight excluding hydrogens is 547 g/mol. The third kappa shape index (κ3) is 8.12. The molecule has 0 bridgehead atoms. The van der Waals surface area contributed by atoms with Crippen molar-refractivity contribution in [2.75, 3.05) is 7.11 Å². The van der Waals surface area contributed by atoms with Gasteiger partial charge in [0.15, 0.2) is 11.5 Å². The van der Waals surface area contributed by atoms with E-state index in [9.17, 15) is 9.59 Å². The first-order valence-corrected chi connectivity index (χ1v) is 13.3. The summed E-state index contributed by atoms with van der Waals surface area (Å²) >= 11 is 12.2. The molecule has 0 saturated carbocycles. The van der Waals surface area contributed by atoms with Gasteiger partial charge in [-0.25, -0.2) is 0 Å². The van der Waals surface area contributed by atoms with Crippen LogP contribution in [-0.2, 0) is 29.3 Å². The number of carbonyl (C=O) groups is 2. The van der Waals surface area contributed by atoms with Crippen molar-refractivity contribution in [2.24, 2.45) is 0 Å². The predicted molar refractivity (Wildman–Crippen MR) is 158 cm³/mol. The molecule has 0 fully saturated rings. The van der Waals surface area contributed by atoms with Crippen LogP contribution in [0.25, 0.3) is 6.08 Å². The van der Waals surface area contributed by atoms with Crippen LogP contribution in [0.5, 0.6) is 11.5 Å². The van der Waals surface area contributed by atoms with Crippen LogP contribution in [-0.4, -0.2) is 18.9 Å². The van der Waals surface area contributed by atoms with E-state index >= 15 is 0 Å². The first kappa shape index (κ1) is 28.7. The molecule has 0 atom stereocenters. The highest BCUT2D eigenvalue weighted by Gasteiger charge is 2.19. The summed E-state index contributed by atoms with van der Waals surface area (Å²) in [6.45, 7) is 0.773. The zero-order valence-corrected chi connectivity index (χ0v) is 23.3. The Hall–Kier alpha value is -4.26. The summed E-state index contributed by atoms with van der Waals surface area (Å²) in [6, 6.07) is 29.3. The van der Waals surface area contributed by atoms with Gasteiger partial charge < -0.3 is 20.1 Å². The van der Waals surface area contributed by atoms with Crippen molar-refractivity contribution >= 4 is 41.1 Å². The average Bonchev–Trinajstić information content (AvgIpc) is 2.98. The number of amides is 2. The summed E-state index contributed by atoms with van der Waals surface area (Å²) in [6.07, 6.45) is 1.53. The van der Waals surface area contributed by atoms with E-state index in [4.69, 9.17) is 32.7 Å². The Kier molecular flexibility index (Phi) is 10.2. The highest BCUT2D eigenvalue weighted by atomic mass is 35.5. The van der Waals surface area contributed by atoms with Crippen LogP contribution in [0.15, 0.2) is 103 Å². The third-order valence-electron chi connectivity index (χ3n) is 5.98. The molecule has 0 radical (unpaired) electrons. The largest absolute Gasteiger partial charge is 0.493 e. The second-order valence-electron chi connectivity index (χ2n) is 8.83. The number of carbonyl (C=O) groups excluding carboxylic acids is 2.